The van der Waals surface area contributed by atoms with E-state index in [0.29, 0.717) is 65.7 Å². The Morgan fingerprint density at radius 3 is 2.64 bits per heavy atom. The second-order valence-corrected chi connectivity index (χ2v) is 8.94. The lowest BCUT2D eigenvalue weighted by Crippen LogP contribution is -2.43. The standard InChI is InChI=1S/C24H28ClN3O4S/c1-3-31-19-9-8-17(16-20(19)32-4-2)23(29)28(11-10-27-12-14-30-15-13-27)24-26-22-18(25)6-5-7-21(22)33-24/h5-9,16H,3-4,10-15H2,1-2H3. The summed E-state index contributed by atoms with van der Waals surface area (Å²) in [5.41, 5.74) is 1.24. The summed E-state index contributed by atoms with van der Waals surface area (Å²) in [4.78, 5) is 22.5. The monoisotopic (exact) mass is 489 g/mol. The molecule has 7 nitrogen and oxygen atoms in total. The first-order valence-electron chi connectivity index (χ1n) is 11.2. The van der Waals surface area contributed by atoms with Crippen molar-refractivity contribution in [3.05, 3.63) is 47.0 Å². The van der Waals surface area contributed by atoms with E-state index in [4.69, 9.17) is 30.8 Å². The van der Waals surface area contributed by atoms with Gasteiger partial charge in [-0.05, 0) is 44.2 Å². The number of carbonyl (C=O) groups is 1. The van der Waals surface area contributed by atoms with E-state index in [1.165, 1.54) is 11.3 Å². The first-order chi connectivity index (χ1) is 16.1. The summed E-state index contributed by atoms with van der Waals surface area (Å²) in [6.07, 6.45) is 0. The molecule has 9 heteroatoms. The minimum Gasteiger partial charge on any atom is -0.490 e. The third-order valence-corrected chi connectivity index (χ3v) is 6.72. The number of para-hydroxylation sites is 1. The van der Waals surface area contributed by atoms with Crippen LogP contribution < -0.4 is 14.4 Å². The number of amides is 1. The van der Waals surface area contributed by atoms with Crippen LogP contribution in [0.2, 0.25) is 5.02 Å². The Morgan fingerprint density at radius 1 is 1.15 bits per heavy atom. The van der Waals surface area contributed by atoms with Crippen LogP contribution in [0.5, 0.6) is 11.5 Å². The van der Waals surface area contributed by atoms with Gasteiger partial charge in [-0.1, -0.05) is 29.0 Å². The highest BCUT2D eigenvalue weighted by atomic mass is 35.5. The molecule has 4 rings (SSSR count). The number of benzene rings is 2. The van der Waals surface area contributed by atoms with Crippen LogP contribution in [-0.2, 0) is 4.74 Å². The lowest BCUT2D eigenvalue weighted by atomic mass is 10.1. The first-order valence-corrected chi connectivity index (χ1v) is 12.4. The van der Waals surface area contributed by atoms with Crippen LogP contribution in [0, 0.1) is 0 Å². The summed E-state index contributed by atoms with van der Waals surface area (Å²) >= 11 is 7.83. The van der Waals surface area contributed by atoms with Crippen molar-refractivity contribution in [3.8, 4) is 11.5 Å². The zero-order valence-electron chi connectivity index (χ0n) is 18.9. The zero-order chi connectivity index (χ0) is 23.2. The largest absolute Gasteiger partial charge is 0.490 e. The molecule has 33 heavy (non-hydrogen) atoms. The summed E-state index contributed by atoms with van der Waals surface area (Å²) in [7, 11) is 0. The highest BCUT2D eigenvalue weighted by Gasteiger charge is 2.24. The first kappa shape index (κ1) is 23.8. The van der Waals surface area contributed by atoms with Gasteiger partial charge in [-0.15, -0.1) is 0 Å². The van der Waals surface area contributed by atoms with Gasteiger partial charge in [0.05, 0.1) is 36.2 Å². The molecule has 0 saturated carbocycles. The Hall–Kier alpha value is -2.39. The Morgan fingerprint density at radius 2 is 1.91 bits per heavy atom. The van der Waals surface area contributed by atoms with Crippen molar-refractivity contribution in [2.45, 2.75) is 13.8 Å². The lowest BCUT2D eigenvalue weighted by molar-refractivity contribution is 0.0391. The van der Waals surface area contributed by atoms with E-state index in [1.54, 1.807) is 23.1 Å². The molecule has 0 aliphatic carbocycles. The summed E-state index contributed by atoms with van der Waals surface area (Å²) in [5.74, 6) is 1.05. The highest BCUT2D eigenvalue weighted by Crippen LogP contribution is 2.34. The summed E-state index contributed by atoms with van der Waals surface area (Å²) in [6.45, 7) is 9.19. The number of ether oxygens (including phenoxy) is 3. The van der Waals surface area contributed by atoms with Gasteiger partial charge in [0.15, 0.2) is 16.6 Å². The molecule has 0 unspecified atom stereocenters. The molecule has 1 aliphatic heterocycles. The molecule has 0 bridgehead atoms. The number of thiazole rings is 1. The molecule has 1 aliphatic rings. The number of halogens is 1. The van der Waals surface area contributed by atoms with E-state index in [1.807, 2.05) is 32.0 Å². The molecule has 3 aromatic rings. The van der Waals surface area contributed by atoms with Crippen LogP contribution >= 0.6 is 22.9 Å². The smallest absolute Gasteiger partial charge is 0.260 e. The molecule has 1 amide bonds. The van der Waals surface area contributed by atoms with Crippen molar-refractivity contribution in [3.63, 3.8) is 0 Å². The fourth-order valence-corrected chi connectivity index (χ4v) is 5.00. The molecule has 1 fully saturated rings. The third kappa shape index (κ3) is 5.58. The Labute approximate surface area is 202 Å². The molecule has 0 spiro atoms. The number of fused-ring (bicyclic) bond motifs is 1. The van der Waals surface area contributed by atoms with Gasteiger partial charge in [0.2, 0.25) is 0 Å². The fraction of sp³-hybridized carbons (Fsp3) is 0.417. The van der Waals surface area contributed by atoms with E-state index in [9.17, 15) is 4.79 Å². The van der Waals surface area contributed by atoms with Gasteiger partial charge < -0.3 is 14.2 Å². The molecule has 2 heterocycles. The van der Waals surface area contributed by atoms with Gasteiger partial charge in [0.1, 0.15) is 5.52 Å². The van der Waals surface area contributed by atoms with Crippen molar-refractivity contribution in [1.29, 1.82) is 0 Å². The SMILES string of the molecule is CCOc1ccc(C(=O)N(CCN2CCOCC2)c2nc3c(Cl)cccc3s2)cc1OCC. The number of rotatable bonds is 9. The van der Waals surface area contributed by atoms with Crippen LogP contribution in [0.4, 0.5) is 5.13 Å². The van der Waals surface area contributed by atoms with Gasteiger partial charge in [-0.3, -0.25) is 14.6 Å². The number of anilines is 1. The van der Waals surface area contributed by atoms with Crippen molar-refractivity contribution >= 4 is 44.2 Å². The summed E-state index contributed by atoms with van der Waals surface area (Å²) in [6, 6.07) is 11.0. The molecule has 1 aromatic heterocycles. The highest BCUT2D eigenvalue weighted by molar-refractivity contribution is 7.22. The van der Waals surface area contributed by atoms with E-state index in [-0.39, 0.29) is 5.91 Å². The third-order valence-electron chi connectivity index (χ3n) is 5.37. The number of morpholine rings is 1. The van der Waals surface area contributed by atoms with Gasteiger partial charge in [0, 0.05) is 31.7 Å². The zero-order valence-corrected chi connectivity index (χ0v) is 20.5. The molecule has 176 valence electrons. The van der Waals surface area contributed by atoms with E-state index >= 15 is 0 Å². The van der Waals surface area contributed by atoms with Crippen molar-refractivity contribution in [2.75, 3.05) is 57.5 Å². The van der Waals surface area contributed by atoms with Crippen LogP contribution in [0.1, 0.15) is 24.2 Å². The lowest BCUT2D eigenvalue weighted by Gasteiger charge is -2.29. The van der Waals surface area contributed by atoms with Crippen molar-refractivity contribution in [1.82, 2.24) is 9.88 Å². The Bertz CT molecular complexity index is 1100. The Balaban J connectivity index is 1.66. The van der Waals surface area contributed by atoms with Crippen LogP contribution in [-0.4, -0.2) is 68.4 Å². The second-order valence-electron chi connectivity index (χ2n) is 7.52. The minimum atomic E-state index is -0.137. The van der Waals surface area contributed by atoms with Crippen molar-refractivity contribution in [2.24, 2.45) is 0 Å². The summed E-state index contributed by atoms with van der Waals surface area (Å²) in [5, 5.41) is 1.21. The predicted octanol–water partition coefficient (Wildman–Crippen LogP) is 4.73. The number of aromatic nitrogens is 1. The quantitative estimate of drug-likeness (QED) is 0.433. The van der Waals surface area contributed by atoms with Gasteiger partial charge in [-0.25, -0.2) is 4.98 Å². The minimum absolute atomic E-state index is 0.137. The van der Waals surface area contributed by atoms with Gasteiger partial charge in [-0.2, -0.15) is 0 Å². The number of nitrogens with zero attached hydrogens (tertiary/aromatic N) is 3. The topological polar surface area (TPSA) is 64.1 Å². The van der Waals surface area contributed by atoms with Crippen LogP contribution in [0.25, 0.3) is 10.2 Å². The van der Waals surface area contributed by atoms with Crippen LogP contribution in [0.15, 0.2) is 36.4 Å². The maximum Gasteiger partial charge on any atom is 0.260 e. The molecule has 2 aromatic carbocycles. The average Bonchev–Trinajstić information content (AvgIpc) is 3.26. The van der Waals surface area contributed by atoms with E-state index in [0.717, 1.165) is 24.3 Å². The second kappa shape index (κ2) is 11.2. The molecule has 0 N–H and O–H groups in total. The van der Waals surface area contributed by atoms with Gasteiger partial charge >= 0.3 is 0 Å². The number of hydrogen-bond donors (Lipinski definition) is 0. The average molecular weight is 490 g/mol. The van der Waals surface area contributed by atoms with E-state index in [2.05, 4.69) is 4.90 Å². The number of hydrogen-bond acceptors (Lipinski definition) is 7. The molecule has 1 saturated heterocycles. The predicted molar refractivity (Wildman–Crippen MR) is 132 cm³/mol. The Kier molecular flexibility index (Phi) is 8.03. The maximum atomic E-state index is 13.7. The van der Waals surface area contributed by atoms with E-state index < -0.39 is 0 Å². The summed E-state index contributed by atoms with van der Waals surface area (Å²) < 4.78 is 17.8. The molecular weight excluding hydrogens is 462 g/mol. The number of carbonyl (C=O) groups excluding carboxylic acids is 1. The maximum absolute atomic E-state index is 13.7. The molecular formula is C24H28ClN3O4S. The molecule has 0 radical (unpaired) electrons. The van der Waals surface area contributed by atoms with Gasteiger partial charge in [0.25, 0.3) is 5.91 Å². The normalized spacial score (nSPS) is 14.4. The van der Waals surface area contributed by atoms with Crippen molar-refractivity contribution < 1.29 is 19.0 Å². The van der Waals surface area contributed by atoms with Crippen LogP contribution in [0.3, 0.4) is 0 Å². The molecule has 0 atom stereocenters. The fourth-order valence-electron chi connectivity index (χ4n) is 3.71.